The van der Waals surface area contributed by atoms with Crippen molar-refractivity contribution in [2.24, 2.45) is 0 Å². The van der Waals surface area contributed by atoms with E-state index in [0.29, 0.717) is 20.2 Å². The quantitative estimate of drug-likeness (QED) is 0.555. The van der Waals surface area contributed by atoms with Crippen LogP contribution in [0.4, 0.5) is 0 Å². The summed E-state index contributed by atoms with van der Waals surface area (Å²) < 4.78 is 31.8. The molecule has 0 saturated carbocycles. The molecule has 0 atom stereocenters. The van der Waals surface area contributed by atoms with E-state index in [0.717, 1.165) is 0 Å². The number of hydrogen-bond acceptors (Lipinski definition) is 5. The van der Waals surface area contributed by atoms with Gasteiger partial charge in [0.15, 0.2) is 0 Å². The van der Waals surface area contributed by atoms with Gasteiger partial charge in [0.1, 0.15) is 5.75 Å². The van der Waals surface area contributed by atoms with E-state index in [9.17, 15) is 18.0 Å². The SMILES string of the molecule is COc1ccc(S(=O)(=O)N(NC(=O)c2ccc(Cl)cc2)C(=O)c2ccc(Cl)cc2)cc1. The lowest BCUT2D eigenvalue weighted by molar-refractivity contribution is 0.0724. The summed E-state index contributed by atoms with van der Waals surface area (Å²) in [5, 5.41) is 0.766. The molecule has 0 heterocycles. The van der Waals surface area contributed by atoms with Crippen LogP contribution in [-0.4, -0.2) is 31.8 Å². The van der Waals surface area contributed by atoms with E-state index >= 15 is 0 Å². The summed E-state index contributed by atoms with van der Waals surface area (Å²) in [7, 11) is -3.02. The first-order valence-corrected chi connectivity index (χ1v) is 11.0. The monoisotopic (exact) mass is 478 g/mol. The predicted octanol–water partition coefficient (Wildman–Crippen LogP) is 4.18. The van der Waals surface area contributed by atoms with Crippen LogP contribution in [0, 0.1) is 0 Å². The van der Waals surface area contributed by atoms with Gasteiger partial charge in [0.25, 0.3) is 21.8 Å². The van der Waals surface area contributed by atoms with Crippen molar-refractivity contribution in [3.05, 3.63) is 94.0 Å². The molecule has 0 radical (unpaired) electrons. The number of hydrogen-bond donors (Lipinski definition) is 1. The number of sulfonamides is 1. The zero-order valence-electron chi connectivity index (χ0n) is 16.1. The molecule has 160 valence electrons. The number of nitrogens with zero attached hydrogens (tertiary/aromatic N) is 1. The molecule has 0 spiro atoms. The molecule has 0 aliphatic rings. The number of ether oxygens (including phenoxy) is 1. The molecule has 3 aromatic carbocycles. The van der Waals surface area contributed by atoms with Gasteiger partial charge >= 0.3 is 0 Å². The second kappa shape index (κ2) is 9.38. The van der Waals surface area contributed by atoms with Crippen molar-refractivity contribution in [2.75, 3.05) is 7.11 Å². The third-order valence-electron chi connectivity index (χ3n) is 4.18. The van der Waals surface area contributed by atoms with E-state index in [1.54, 1.807) is 0 Å². The molecule has 2 amide bonds. The summed E-state index contributed by atoms with van der Waals surface area (Å²) >= 11 is 11.7. The van der Waals surface area contributed by atoms with Gasteiger partial charge in [-0.1, -0.05) is 23.2 Å². The van der Waals surface area contributed by atoms with Crippen LogP contribution in [0.15, 0.2) is 77.7 Å². The van der Waals surface area contributed by atoms with E-state index in [1.807, 2.05) is 0 Å². The van der Waals surface area contributed by atoms with Crippen LogP contribution in [0.25, 0.3) is 0 Å². The summed E-state index contributed by atoms with van der Waals surface area (Å²) in [6, 6.07) is 16.7. The van der Waals surface area contributed by atoms with E-state index in [4.69, 9.17) is 27.9 Å². The number of halogens is 2. The highest BCUT2D eigenvalue weighted by Crippen LogP contribution is 2.21. The average molecular weight is 479 g/mol. The fraction of sp³-hybridized carbons (Fsp3) is 0.0476. The Morgan fingerprint density at radius 2 is 1.29 bits per heavy atom. The molecule has 3 rings (SSSR count). The van der Waals surface area contributed by atoms with Crippen LogP contribution < -0.4 is 10.2 Å². The molecule has 0 unspecified atom stereocenters. The summed E-state index contributed by atoms with van der Waals surface area (Å²) in [6.45, 7) is 0. The first kappa shape index (κ1) is 22.6. The van der Waals surface area contributed by atoms with Crippen molar-refractivity contribution in [2.45, 2.75) is 4.90 Å². The molecule has 0 aliphatic carbocycles. The molecule has 31 heavy (non-hydrogen) atoms. The lowest BCUT2D eigenvalue weighted by Crippen LogP contribution is -2.49. The molecule has 0 saturated heterocycles. The maximum atomic E-state index is 13.2. The number of carbonyl (C=O) groups excluding carboxylic acids is 2. The van der Waals surface area contributed by atoms with Crippen LogP contribution in [0.3, 0.4) is 0 Å². The van der Waals surface area contributed by atoms with Gasteiger partial charge in [-0.15, -0.1) is 4.41 Å². The van der Waals surface area contributed by atoms with Gasteiger partial charge in [-0.25, -0.2) is 5.43 Å². The van der Waals surface area contributed by atoms with Crippen molar-refractivity contribution in [3.8, 4) is 5.75 Å². The predicted molar refractivity (Wildman–Crippen MR) is 117 cm³/mol. The molecule has 7 nitrogen and oxygen atoms in total. The van der Waals surface area contributed by atoms with Gasteiger partial charge < -0.3 is 4.74 Å². The minimum atomic E-state index is -4.46. The Morgan fingerprint density at radius 1 is 0.806 bits per heavy atom. The maximum absolute atomic E-state index is 13.2. The Labute approximate surface area is 189 Å². The molecule has 0 aromatic heterocycles. The number of amides is 2. The zero-order chi connectivity index (χ0) is 22.6. The second-order valence-electron chi connectivity index (χ2n) is 6.20. The lowest BCUT2D eigenvalue weighted by Gasteiger charge is -2.23. The van der Waals surface area contributed by atoms with Gasteiger partial charge in [0, 0.05) is 21.2 Å². The van der Waals surface area contributed by atoms with Crippen molar-refractivity contribution >= 4 is 45.0 Å². The van der Waals surface area contributed by atoms with Gasteiger partial charge in [-0.05, 0) is 72.8 Å². The van der Waals surface area contributed by atoms with Crippen molar-refractivity contribution < 1.29 is 22.7 Å². The van der Waals surface area contributed by atoms with Crippen LogP contribution in [0.2, 0.25) is 10.0 Å². The fourth-order valence-electron chi connectivity index (χ4n) is 2.54. The number of methoxy groups -OCH3 is 1. The summed E-state index contributed by atoms with van der Waals surface area (Å²) in [5.41, 5.74) is 2.31. The smallest absolute Gasteiger partial charge is 0.286 e. The second-order valence-corrected chi connectivity index (χ2v) is 8.86. The highest BCUT2D eigenvalue weighted by Gasteiger charge is 2.32. The van der Waals surface area contributed by atoms with Gasteiger partial charge in [-0.2, -0.15) is 8.42 Å². The van der Waals surface area contributed by atoms with Crippen molar-refractivity contribution in [1.29, 1.82) is 0 Å². The first-order valence-electron chi connectivity index (χ1n) is 8.78. The molecular formula is C21H16Cl2N2O5S. The van der Waals surface area contributed by atoms with Crippen LogP contribution >= 0.6 is 23.2 Å². The standard InChI is InChI=1S/C21H16Cl2N2O5S/c1-30-18-10-12-19(13-11-18)31(28,29)25(21(27)15-4-8-17(23)9-5-15)24-20(26)14-2-6-16(22)7-3-14/h2-13H,1H3,(H,24,26). The summed E-state index contributed by atoms with van der Waals surface area (Å²) in [4.78, 5) is 25.5. The van der Waals surface area contributed by atoms with E-state index in [1.165, 1.54) is 79.9 Å². The molecule has 0 bridgehead atoms. The Balaban J connectivity index is 2.01. The van der Waals surface area contributed by atoms with Crippen LogP contribution in [-0.2, 0) is 10.0 Å². The number of rotatable bonds is 5. The van der Waals surface area contributed by atoms with E-state index in [-0.39, 0.29) is 16.0 Å². The molecule has 1 N–H and O–H groups in total. The fourth-order valence-corrected chi connectivity index (χ4v) is 4.01. The lowest BCUT2D eigenvalue weighted by atomic mass is 10.2. The molecule has 0 fully saturated rings. The topological polar surface area (TPSA) is 92.8 Å². The maximum Gasteiger partial charge on any atom is 0.286 e. The molecule has 3 aromatic rings. The minimum absolute atomic E-state index is 0.0119. The normalized spacial score (nSPS) is 10.9. The Hall–Kier alpha value is -3.07. The minimum Gasteiger partial charge on any atom is -0.497 e. The molecule has 0 aliphatic heterocycles. The van der Waals surface area contributed by atoms with Crippen LogP contribution in [0.5, 0.6) is 5.75 Å². The Morgan fingerprint density at radius 3 is 1.77 bits per heavy atom. The first-order chi connectivity index (χ1) is 14.7. The third kappa shape index (κ3) is 5.16. The van der Waals surface area contributed by atoms with Crippen LogP contribution in [0.1, 0.15) is 20.7 Å². The summed E-state index contributed by atoms with van der Waals surface area (Å²) in [5.74, 6) is -1.34. The Kier molecular flexibility index (Phi) is 6.84. The van der Waals surface area contributed by atoms with Crippen molar-refractivity contribution in [1.82, 2.24) is 9.84 Å². The van der Waals surface area contributed by atoms with Gasteiger partial charge in [0.2, 0.25) is 0 Å². The van der Waals surface area contributed by atoms with Gasteiger partial charge in [-0.3, -0.25) is 9.59 Å². The number of nitrogens with one attached hydrogen (secondary N) is 1. The Bertz CT molecular complexity index is 1200. The number of carbonyl (C=O) groups is 2. The van der Waals surface area contributed by atoms with Gasteiger partial charge in [0.05, 0.1) is 12.0 Å². The largest absolute Gasteiger partial charge is 0.497 e. The van der Waals surface area contributed by atoms with E-state index in [2.05, 4.69) is 5.43 Å². The molecule has 10 heteroatoms. The zero-order valence-corrected chi connectivity index (χ0v) is 18.4. The number of hydrazine groups is 1. The number of benzene rings is 3. The molecular weight excluding hydrogens is 463 g/mol. The van der Waals surface area contributed by atoms with E-state index < -0.39 is 21.8 Å². The highest BCUT2D eigenvalue weighted by atomic mass is 35.5. The highest BCUT2D eigenvalue weighted by molar-refractivity contribution is 7.89. The average Bonchev–Trinajstić information content (AvgIpc) is 2.77. The third-order valence-corrected chi connectivity index (χ3v) is 6.29. The summed E-state index contributed by atoms with van der Waals surface area (Å²) in [6.07, 6.45) is 0. The van der Waals surface area contributed by atoms with Crippen molar-refractivity contribution in [3.63, 3.8) is 0 Å².